The van der Waals surface area contributed by atoms with Crippen molar-refractivity contribution in [2.45, 2.75) is 12.1 Å². The molecule has 0 aliphatic heterocycles. The van der Waals surface area contributed by atoms with Crippen molar-refractivity contribution in [1.82, 2.24) is 4.98 Å². The highest BCUT2D eigenvalue weighted by Crippen LogP contribution is 2.35. The molecule has 1 aromatic rings. The zero-order valence-electron chi connectivity index (χ0n) is 8.86. The first-order valence-corrected chi connectivity index (χ1v) is 5.49. The summed E-state index contributed by atoms with van der Waals surface area (Å²) in [5.41, 5.74) is 3.66. The number of alkyl halides is 5. The first kappa shape index (κ1) is 15.1. The lowest BCUT2D eigenvalue weighted by Gasteiger charge is -2.18. The maximum Gasteiger partial charge on any atom is 0.419 e. The van der Waals surface area contributed by atoms with Crippen LogP contribution in [0.3, 0.4) is 0 Å². The number of nitrogens with two attached hydrogens (primary N) is 1. The van der Waals surface area contributed by atoms with E-state index in [9.17, 15) is 22.0 Å². The van der Waals surface area contributed by atoms with Crippen LogP contribution < -0.4 is 11.1 Å². The molecule has 102 valence electrons. The molecule has 18 heavy (non-hydrogen) atoms. The Hall–Kier alpha value is -0.960. The van der Waals surface area contributed by atoms with Crippen molar-refractivity contribution in [3.05, 3.63) is 22.3 Å². The monoisotopic (exact) mass is 333 g/mol. The summed E-state index contributed by atoms with van der Waals surface area (Å²) >= 11 is 2.83. The van der Waals surface area contributed by atoms with Gasteiger partial charge in [-0.3, -0.25) is 0 Å². The number of anilines is 1. The SMILES string of the molecule is NCC(F)(F)CNc1ncc(Br)cc1C(F)(F)F. The van der Waals surface area contributed by atoms with Gasteiger partial charge in [-0.15, -0.1) is 0 Å². The van der Waals surface area contributed by atoms with Crippen molar-refractivity contribution in [2.24, 2.45) is 5.73 Å². The topological polar surface area (TPSA) is 50.9 Å². The van der Waals surface area contributed by atoms with Crippen molar-refractivity contribution in [3.63, 3.8) is 0 Å². The van der Waals surface area contributed by atoms with E-state index in [-0.39, 0.29) is 4.47 Å². The highest BCUT2D eigenvalue weighted by molar-refractivity contribution is 9.10. The van der Waals surface area contributed by atoms with Gasteiger partial charge >= 0.3 is 6.18 Å². The van der Waals surface area contributed by atoms with Crippen LogP contribution in [0.15, 0.2) is 16.7 Å². The Morgan fingerprint density at radius 3 is 2.39 bits per heavy atom. The van der Waals surface area contributed by atoms with E-state index >= 15 is 0 Å². The summed E-state index contributed by atoms with van der Waals surface area (Å²) in [5, 5.41) is 1.96. The number of nitrogens with zero attached hydrogens (tertiary/aromatic N) is 1. The second kappa shape index (κ2) is 5.35. The van der Waals surface area contributed by atoms with Gasteiger partial charge in [0.1, 0.15) is 5.82 Å². The molecule has 0 spiro atoms. The molecule has 9 heteroatoms. The van der Waals surface area contributed by atoms with Crippen molar-refractivity contribution in [1.29, 1.82) is 0 Å². The van der Waals surface area contributed by atoms with Gasteiger partial charge in [-0.1, -0.05) is 0 Å². The first-order valence-electron chi connectivity index (χ1n) is 4.70. The Bertz CT molecular complexity index is 421. The number of rotatable bonds is 4. The molecule has 0 aliphatic carbocycles. The molecule has 1 aromatic heterocycles. The Kier molecular flexibility index (Phi) is 4.49. The van der Waals surface area contributed by atoms with Crippen LogP contribution in [0.2, 0.25) is 0 Å². The Labute approximate surface area is 108 Å². The fourth-order valence-corrected chi connectivity index (χ4v) is 1.41. The highest BCUT2D eigenvalue weighted by Gasteiger charge is 2.35. The summed E-state index contributed by atoms with van der Waals surface area (Å²) in [5.74, 6) is -3.95. The van der Waals surface area contributed by atoms with Crippen LogP contribution >= 0.6 is 15.9 Å². The molecular weight excluding hydrogens is 325 g/mol. The van der Waals surface area contributed by atoms with Crippen LogP contribution in [0.4, 0.5) is 27.8 Å². The van der Waals surface area contributed by atoms with Crippen LogP contribution in [0.1, 0.15) is 5.56 Å². The fourth-order valence-electron chi connectivity index (χ4n) is 1.08. The molecule has 0 fully saturated rings. The molecule has 0 radical (unpaired) electrons. The number of halogens is 6. The van der Waals surface area contributed by atoms with Gasteiger partial charge in [-0.25, -0.2) is 13.8 Å². The van der Waals surface area contributed by atoms with Crippen LogP contribution in [0.5, 0.6) is 0 Å². The largest absolute Gasteiger partial charge is 0.419 e. The number of hydrogen-bond acceptors (Lipinski definition) is 3. The lowest BCUT2D eigenvalue weighted by Crippen LogP contribution is -2.35. The van der Waals surface area contributed by atoms with Crippen molar-refractivity contribution < 1.29 is 22.0 Å². The zero-order chi connectivity index (χ0) is 14.0. The fraction of sp³-hybridized carbons (Fsp3) is 0.444. The molecule has 0 saturated carbocycles. The maximum atomic E-state index is 12.8. The molecule has 1 heterocycles. The lowest BCUT2D eigenvalue weighted by atomic mass is 10.2. The van der Waals surface area contributed by atoms with Gasteiger partial charge in [0.2, 0.25) is 0 Å². The average molecular weight is 334 g/mol. The van der Waals surface area contributed by atoms with E-state index in [1.54, 1.807) is 0 Å². The van der Waals surface area contributed by atoms with Crippen LogP contribution in [-0.2, 0) is 6.18 Å². The third kappa shape index (κ3) is 4.05. The van der Waals surface area contributed by atoms with Gasteiger partial charge in [0.15, 0.2) is 0 Å². The van der Waals surface area contributed by atoms with E-state index in [0.717, 1.165) is 12.3 Å². The summed E-state index contributed by atoms with van der Waals surface area (Å²) in [7, 11) is 0. The minimum Gasteiger partial charge on any atom is -0.363 e. The molecule has 0 saturated heterocycles. The van der Waals surface area contributed by atoms with E-state index in [1.807, 2.05) is 5.32 Å². The Morgan fingerprint density at radius 1 is 1.28 bits per heavy atom. The van der Waals surface area contributed by atoms with Crippen LogP contribution in [0.25, 0.3) is 0 Å². The average Bonchev–Trinajstić information content (AvgIpc) is 2.26. The second-order valence-electron chi connectivity index (χ2n) is 3.46. The minimum absolute atomic E-state index is 0.103. The van der Waals surface area contributed by atoms with E-state index in [2.05, 4.69) is 20.9 Å². The van der Waals surface area contributed by atoms with Gasteiger partial charge in [0, 0.05) is 10.7 Å². The molecule has 0 aliphatic rings. The third-order valence-corrected chi connectivity index (χ3v) is 2.41. The molecule has 1 rings (SSSR count). The summed E-state index contributed by atoms with van der Waals surface area (Å²) < 4.78 is 63.6. The summed E-state index contributed by atoms with van der Waals surface area (Å²) in [6, 6.07) is 0.760. The van der Waals surface area contributed by atoms with E-state index in [1.165, 1.54) is 0 Å². The van der Waals surface area contributed by atoms with Crippen molar-refractivity contribution in [3.8, 4) is 0 Å². The smallest absolute Gasteiger partial charge is 0.363 e. The van der Waals surface area contributed by atoms with E-state index < -0.39 is 36.6 Å². The number of nitrogens with one attached hydrogen (secondary N) is 1. The molecule has 0 amide bonds. The van der Waals surface area contributed by atoms with Gasteiger partial charge in [-0.05, 0) is 22.0 Å². The molecule has 0 bridgehead atoms. The second-order valence-corrected chi connectivity index (χ2v) is 4.38. The molecule has 0 aromatic carbocycles. The quantitative estimate of drug-likeness (QED) is 0.833. The molecular formula is C9H9BrF5N3. The zero-order valence-corrected chi connectivity index (χ0v) is 10.4. The number of aromatic nitrogens is 1. The van der Waals surface area contributed by atoms with E-state index in [4.69, 9.17) is 5.73 Å². The summed E-state index contributed by atoms with van der Waals surface area (Å²) in [6.45, 7) is -1.97. The lowest BCUT2D eigenvalue weighted by molar-refractivity contribution is -0.137. The van der Waals surface area contributed by atoms with Gasteiger partial charge in [0.05, 0.1) is 18.7 Å². The maximum absolute atomic E-state index is 12.8. The highest BCUT2D eigenvalue weighted by atomic mass is 79.9. The van der Waals surface area contributed by atoms with Gasteiger partial charge < -0.3 is 11.1 Å². The predicted octanol–water partition coefficient (Wildman–Crippen LogP) is 2.87. The predicted molar refractivity (Wildman–Crippen MR) is 59.4 cm³/mol. The van der Waals surface area contributed by atoms with Crippen LogP contribution in [-0.4, -0.2) is 24.0 Å². The molecule has 0 unspecified atom stereocenters. The molecule has 3 N–H and O–H groups in total. The van der Waals surface area contributed by atoms with Crippen LogP contribution in [0, 0.1) is 0 Å². The Morgan fingerprint density at radius 2 is 1.89 bits per heavy atom. The third-order valence-electron chi connectivity index (χ3n) is 1.97. The molecule has 0 atom stereocenters. The normalized spacial score (nSPS) is 12.6. The van der Waals surface area contributed by atoms with Gasteiger partial charge in [0.25, 0.3) is 5.92 Å². The van der Waals surface area contributed by atoms with E-state index in [0.29, 0.717) is 0 Å². The minimum atomic E-state index is -4.68. The van der Waals surface area contributed by atoms with Gasteiger partial charge in [-0.2, -0.15) is 13.2 Å². The number of pyridine rings is 1. The van der Waals surface area contributed by atoms with Crippen molar-refractivity contribution in [2.75, 3.05) is 18.4 Å². The summed E-state index contributed by atoms with van der Waals surface area (Å²) in [6.07, 6.45) is -3.60. The Balaban J connectivity index is 2.96. The van der Waals surface area contributed by atoms with Crippen molar-refractivity contribution >= 4 is 21.7 Å². The standard InChI is InChI=1S/C9H9BrF5N3/c10-5-1-6(9(13,14)15)7(17-2-5)18-4-8(11,12)3-16/h1-2H,3-4,16H2,(H,17,18). The molecule has 3 nitrogen and oxygen atoms in total. The number of hydrogen-bond donors (Lipinski definition) is 2. The summed E-state index contributed by atoms with van der Waals surface area (Å²) in [4.78, 5) is 3.43. The first-order chi connectivity index (χ1) is 8.15.